The maximum Gasteiger partial charge on any atom is 0.167 e. The Kier molecular flexibility index (Phi) is 6.33. The fraction of sp³-hybridized carbons (Fsp3) is 0.588. The molecule has 0 aromatic heterocycles. The van der Waals surface area contributed by atoms with E-state index >= 15 is 0 Å². The summed E-state index contributed by atoms with van der Waals surface area (Å²) >= 11 is 0. The lowest BCUT2D eigenvalue weighted by Gasteiger charge is -2.33. The van der Waals surface area contributed by atoms with Gasteiger partial charge in [-0.3, -0.25) is 9.69 Å². The van der Waals surface area contributed by atoms with Crippen LogP contribution in [0.25, 0.3) is 0 Å². The first-order valence-electron chi connectivity index (χ1n) is 7.85. The first kappa shape index (κ1) is 16.1. The van der Waals surface area contributed by atoms with Crippen LogP contribution in [0.1, 0.15) is 48.9 Å². The summed E-state index contributed by atoms with van der Waals surface area (Å²) in [6.07, 6.45) is 6.28. The summed E-state index contributed by atoms with van der Waals surface area (Å²) in [5.41, 5.74) is 0.171. The van der Waals surface area contributed by atoms with Crippen molar-refractivity contribution in [2.75, 3.05) is 19.7 Å². The summed E-state index contributed by atoms with van der Waals surface area (Å²) in [5.74, 6) is -0.610. The molecule has 0 atom stereocenters. The number of nitrogens with zero attached hydrogens (tertiary/aromatic N) is 1. The number of Topliss-reactive ketones (excluding diaryl/α,β-unsaturated/α-hetero) is 1. The Bertz CT molecular complexity index is 458. The Morgan fingerprint density at radius 3 is 2.57 bits per heavy atom. The fourth-order valence-corrected chi connectivity index (χ4v) is 3.12. The number of carbonyl (C=O) groups excluding carboxylic acids is 1. The summed E-state index contributed by atoms with van der Waals surface area (Å²) in [4.78, 5) is 14.3. The van der Waals surface area contributed by atoms with Crippen LogP contribution in [0.3, 0.4) is 0 Å². The van der Waals surface area contributed by atoms with Crippen molar-refractivity contribution in [1.29, 1.82) is 0 Å². The molecule has 0 saturated heterocycles. The molecular weight excluding hydrogens is 269 g/mol. The van der Waals surface area contributed by atoms with Gasteiger partial charge in [-0.15, -0.1) is 0 Å². The van der Waals surface area contributed by atoms with Crippen molar-refractivity contribution in [2.24, 2.45) is 0 Å². The van der Waals surface area contributed by atoms with Gasteiger partial charge in [0, 0.05) is 25.6 Å². The normalized spacial score (nSPS) is 16.3. The van der Waals surface area contributed by atoms with E-state index < -0.39 is 5.82 Å². The van der Waals surface area contributed by atoms with E-state index in [1.165, 1.54) is 31.4 Å². The van der Waals surface area contributed by atoms with Crippen LogP contribution in [0.15, 0.2) is 24.3 Å². The lowest BCUT2D eigenvalue weighted by molar-refractivity contribution is 0.0900. The van der Waals surface area contributed by atoms with Crippen LogP contribution in [0.5, 0.6) is 0 Å². The van der Waals surface area contributed by atoms with E-state index in [9.17, 15) is 14.3 Å². The van der Waals surface area contributed by atoms with Crippen molar-refractivity contribution >= 4 is 5.78 Å². The average Bonchev–Trinajstić information content (AvgIpc) is 2.52. The average molecular weight is 293 g/mol. The number of hydrogen-bond donors (Lipinski definition) is 1. The summed E-state index contributed by atoms with van der Waals surface area (Å²) in [6.45, 7) is 1.29. The van der Waals surface area contributed by atoms with Crippen LogP contribution in [0.2, 0.25) is 0 Å². The second-order valence-corrected chi connectivity index (χ2v) is 5.70. The third-order valence-corrected chi connectivity index (χ3v) is 4.28. The topological polar surface area (TPSA) is 40.5 Å². The first-order valence-corrected chi connectivity index (χ1v) is 7.85. The lowest BCUT2D eigenvalue weighted by atomic mass is 9.94. The molecule has 1 aliphatic rings. The molecule has 1 fully saturated rings. The molecule has 1 aliphatic carbocycles. The Morgan fingerprint density at radius 1 is 1.19 bits per heavy atom. The molecule has 0 heterocycles. The van der Waals surface area contributed by atoms with Crippen LogP contribution >= 0.6 is 0 Å². The van der Waals surface area contributed by atoms with Crippen molar-refractivity contribution in [1.82, 2.24) is 4.90 Å². The number of benzene rings is 1. The Labute approximate surface area is 125 Å². The first-order chi connectivity index (χ1) is 10.2. The van der Waals surface area contributed by atoms with Crippen LogP contribution in [-0.4, -0.2) is 41.5 Å². The van der Waals surface area contributed by atoms with Crippen LogP contribution in [0, 0.1) is 5.82 Å². The van der Waals surface area contributed by atoms with Gasteiger partial charge in [-0.1, -0.05) is 31.4 Å². The van der Waals surface area contributed by atoms with Gasteiger partial charge in [0.2, 0.25) is 0 Å². The molecule has 0 spiro atoms. The number of aliphatic hydroxyl groups is 1. The van der Waals surface area contributed by atoms with Gasteiger partial charge >= 0.3 is 0 Å². The summed E-state index contributed by atoms with van der Waals surface area (Å²) in [5, 5.41) is 9.21. The van der Waals surface area contributed by atoms with Crippen molar-refractivity contribution in [2.45, 2.75) is 44.6 Å². The largest absolute Gasteiger partial charge is 0.395 e. The van der Waals surface area contributed by atoms with E-state index in [-0.39, 0.29) is 18.0 Å². The second kappa shape index (κ2) is 8.25. The van der Waals surface area contributed by atoms with Crippen LogP contribution in [-0.2, 0) is 0 Å². The third kappa shape index (κ3) is 4.61. The van der Waals surface area contributed by atoms with Gasteiger partial charge in [-0.05, 0) is 25.0 Å². The summed E-state index contributed by atoms with van der Waals surface area (Å²) in [6, 6.07) is 6.59. The number of rotatable bonds is 7. The van der Waals surface area contributed by atoms with Gasteiger partial charge in [-0.2, -0.15) is 0 Å². The highest BCUT2D eigenvalue weighted by Gasteiger charge is 2.21. The Balaban J connectivity index is 1.91. The molecule has 116 valence electrons. The van der Waals surface area contributed by atoms with E-state index in [0.717, 1.165) is 12.8 Å². The Hall–Kier alpha value is -1.26. The maximum atomic E-state index is 13.6. The SMILES string of the molecule is O=C(CCN(CCO)C1CCCCC1)c1ccccc1F. The maximum absolute atomic E-state index is 13.6. The summed E-state index contributed by atoms with van der Waals surface area (Å²) < 4.78 is 13.6. The van der Waals surface area contributed by atoms with Crippen molar-refractivity contribution in [3.63, 3.8) is 0 Å². The van der Waals surface area contributed by atoms with E-state index in [4.69, 9.17) is 0 Å². The summed E-state index contributed by atoms with van der Waals surface area (Å²) in [7, 11) is 0. The molecule has 1 aromatic carbocycles. The van der Waals surface area contributed by atoms with Crippen LogP contribution in [0.4, 0.5) is 4.39 Å². The van der Waals surface area contributed by atoms with Gasteiger partial charge in [0.1, 0.15) is 5.82 Å². The predicted octanol–water partition coefficient (Wildman–Crippen LogP) is 3.03. The third-order valence-electron chi connectivity index (χ3n) is 4.28. The molecule has 4 heteroatoms. The zero-order chi connectivity index (χ0) is 15.1. The molecular formula is C17H24FNO2. The van der Waals surface area contributed by atoms with Crippen molar-refractivity contribution in [3.8, 4) is 0 Å². The quantitative estimate of drug-likeness (QED) is 0.786. The highest BCUT2D eigenvalue weighted by Crippen LogP contribution is 2.23. The second-order valence-electron chi connectivity index (χ2n) is 5.70. The molecule has 2 rings (SSSR count). The van der Waals surface area contributed by atoms with Gasteiger partial charge in [-0.25, -0.2) is 4.39 Å². The van der Waals surface area contributed by atoms with Crippen molar-refractivity contribution in [3.05, 3.63) is 35.6 Å². The minimum atomic E-state index is -0.450. The number of aliphatic hydroxyl groups excluding tert-OH is 1. The fourth-order valence-electron chi connectivity index (χ4n) is 3.12. The lowest BCUT2D eigenvalue weighted by Crippen LogP contribution is -2.40. The smallest absolute Gasteiger partial charge is 0.167 e. The number of hydrogen-bond acceptors (Lipinski definition) is 3. The monoisotopic (exact) mass is 293 g/mol. The Morgan fingerprint density at radius 2 is 1.90 bits per heavy atom. The number of carbonyl (C=O) groups is 1. The zero-order valence-electron chi connectivity index (χ0n) is 12.4. The number of halogens is 1. The molecule has 1 saturated carbocycles. The molecule has 1 N–H and O–H groups in total. The molecule has 0 unspecified atom stereocenters. The molecule has 21 heavy (non-hydrogen) atoms. The molecule has 3 nitrogen and oxygen atoms in total. The molecule has 1 aromatic rings. The zero-order valence-corrected chi connectivity index (χ0v) is 12.4. The van der Waals surface area contributed by atoms with Crippen molar-refractivity contribution < 1.29 is 14.3 Å². The van der Waals surface area contributed by atoms with E-state index in [2.05, 4.69) is 4.90 Å². The molecule has 0 aliphatic heterocycles. The highest BCUT2D eigenvalue weighted by molar-refractivity contribution is 5.96. The van der Waals surface area contributed by atoms with E-state index in [0.29, 0.717) is 25.6 Å². The van der Waals surface area contributed by atoms with Gasteiger partial charge in [0.25, 0.3) is 0 Å². The standard InChI is InChI=1S/C17H24FNO2/c18-16-9-5-4-8-15(16)17(21)10-11-19(12-13-20)14-6-2-1-3-7-14/h4-5,8-9,14,20H,1-3,6-7,10-13H2. The van der Waals surface area contributed by atoms with E-state index in [1.807, 2.05) is 0 Å². The molecule has 0 amide bonds. The predicted molar refractivity (Wildman–Crippen MR) is 80.9 cm³/mol. The molecule has 0 bridgehead atoms. The number of ketones is 1. The van der Waals surface area contributed by atoms with Crippen LogP contribution < -0.4 is 0 Å². The highest BCUT2D eigenvalue weighted by atomic mass is 19.1. The minimum Gasteiger partial charge on any atom is -0.395 e. The minimum absolute atomic E-state index is 0.102. The van der Waals surface area contributed by atoms with E-state index in [1.54, 1.807) is 12.1 Å². The van der Waals surface area contributed by atoms with Gasteiger partial charge in [0.15, 0.2) is 5.78 Å². The van der Waals surface area contributed by atoms with Gasteiger partial charge in [0.05, 0.1) is 12.2 Å². The van der Waals surface area contributed by atoms with Gasteiger partial charge < -0.3 is 5.11 Å². The molecule has 0 radical (unpaired) electrons.